The number of ether oxygens (including phenoxy) is 1. The third-order valence-electron chi connectivity index (χ3n) is 2.68. The van der Waals surface area contributed by atoms with Gasteiger partial charge in [0.15, 0.2) is 0 Å². The van der Waals surface area contributed by atoms with Crippen molar-refractivity contribution in [3.05, 3.63) is 35.9 Å². The summed E-state index contributed by atoms with van der Waals surface area (Å²) in [6.07, 6.45) is 0.769. The maximum Gasteiger partial charge on any atom is 0.251 e. The Balaban J connectivity index is 2.08. The minimum atomic E-state index is -0.244. The maximum absolute atomic E-state index is 11.7. The first-order valence-electron chi connectivity index (χ1n) is 7.27. The average molecular weight is 292 g/mol. The highest BCUT2D eigenvalue weighted by Crippen LogP contribution is 1.97. The molecule has 0 atom stereocenters. The fraction of sp³-hybridized carbons (Fsp3) is 0.500. The van der Waals surface area contributed by atoms with Crippen LogP contribution in [0.15, 0.2) is 30.3 Å². The van der Waals surface area contributed by atoms with Gasteiger partial charge in [0.25, 0.3) is 5.91 Å². The Kier molecular flexibility index (Phi) is 8.12. The topological polar surface area (TPSA) is 67.4 Å². The number of hydrogen-bond acceptors (Lipinski definition) is 3. The minimum absolute atomic E-state index is 0.0133. The van der Waals surface area contributed by atoms with Crippen LogP contribution in [-0.4, -0.2) is 38.1 Å². The summed E-state index contributed by atoms with van der Waals surface area (Å²) in [4.78, 5) is 23.3. The van der Waals surface area contributed by atoms with Crippen molar-refractivity contribution in [3.63, 3.8) is 0 Å². The van der Waals surface area contributed by atoms with Gasteiger partial charge < -0.3 is 15.4 Å². The summed E-state index contributed by atoms with van der Waals surface area (Å²) in [5.41, 5.74) is 0.549. The second-order valence-corrected chi connectivity index (χ2v) is 5.22. The molecule has 0 heterocycles. The molecule has 116 valence electrons. The molecule has 5 heteroatoms. The first-order valence-corrected chi connectivity index (χ1v) is 7.27. The number of carbonyl (C=O) groups excluding carboxylic acids is 2. The van der Waals surface area contributed by atoms with Gasteiger partial charge in [0.05, 0.1) is 6.54 Å². The van der Waals surface area contributed by atoms with E-state index in [9.17, 15) is 9.59 Å². The van der Waals surface area contributed by atoms with E-state index in [1.165, 1.54) is 0 Å². The lowest BCUT2D eigenvalue weighted by molar-refractivity contribution is -0.120. The van der Waals surface area contributed by atoms with Crippen LogP contribution in [0.5, 0.6) is 0 Å². The highest BCUT2D eigenvalue weighted by atomic mass is 16.5. The molecule has 0 unspecified atom stereocenters. The molecule has 0 saturated heterocycles. The van der Waals surface area contributed by atoms with Crippen LogP contribution < -0.4 is 10.6 Å². The van der Waals surface area contributed by atoms with Gasteiger partial charge in [0.1, 0.15) is 0 Å². The van der Waals surface area contributed by atoms with Crippen LogP contribution in [0.3, 0.4) is 0 Å². The first kappa shape index (κ1) is 17.2. The summed E-state index contributed by atoms with van der Waals surface area (Å²) in [6, 6.07) is 8.82. The summed E-state index contributed by atoms with van der Waals surface area (Å²) in [6.45, 7) is 6.10. The molecular weight excluding hydrogens is 268 g/mol. The van der Waals surface area contributed by atoms with Crippen molar-refractivity contribution < 1.29 is 14.3 Å². The van der Waals surface area contributed by atoms with E-state index in [4.69, 9.17) is 4.74 Å². The predicted molar refractivity (Wildman–Crippen MR) is 82.1 cm³/mol. The Morgan fingerprint density at radius 2 is 1.86 bits per heavy atom. The van der Waals surface area contributed by atoms with Crippen molar-refractivity contribution >= 4 is 11.8 Å². The zero-order valence-corrected chi connectivity index (χ0v) is 12.7. The summed E-state index contributed by atoms with van der Waals surface area (Å²) >= 11 is 0. The zero-order chi connectivity index (χ0) is 15.5. The van der Waals surface area contributed by atoms with Gasteiger partial charge in [-0.3, -0.25) is 9.59 Å². The van der Waals surface area contributed by atoms with Crippen molar-refractivity contribution in [1.82, 2.24) is 10.6 Å². The number of nitrogens with one attached hydrogen (secondary N) is 2. The highest BCUT2D eigenvalue weighted by molar-refractivity contribution is 5.96. The summed E-state index contributed by atoms with van der Waals surface area (Å²) in [5, 5.41) is 5.33. The van der Waals surface area contributed by atoms with Crippen molar-refractivity contribution in [3.8, 4) is 0 Å². The van der Waals surface area contributed by atoms with Gasteiger partial charge in [-0.15, -0.1) is 0 Å². The zero-order valence-electron chi connectivity index (χ0n) is 12.7. The Morgan fingerprint density at radius 3 is 2.52 bits per heavy atom. The van der Waals surface area contributed by atoms with Crippen LogP contribution in [0.4, 0.5) is 0 Å². The van der Waals surface area contributed by atoms with E-state index >= 15 is 0 Å². The van der Waals surface area contributed by atoms with Crippen molar-refractivity contribution in [2.45, 2.75) is 20.3 Å². The number of hydrogen-bond donors (Lipinski definition) is 2. The Hall–Kier alpha value is -1.88. The van der Waals surface area contributed by atoms with Crippen molar-refractivity contribution in [2.24, 2.45) is 5.92 Å². The standard InChI is InChI=1S/C16H24N2O3/c1-13(2)12-21-10-6-9-17-15(19)11-18-16(20)14-7-4-3-5-8-14/h3-5,7-8,13H,6,9-12H2,1-2H3,(H,17,19)(H,18,20). The fourth-order valence-electron chi connectivity index (χ4n) is 1.64. The molecule has 2 amide bonds. The van der Waals surface area contributed by atoms with E-state index in [0.29, 0.717) is 24.6 Å². The van der Waals surface area contributed by atoms with Gasteiger partial charge >= 0.3 is 0 Å². The molecule has 0 fully saturated rings. The van der Waals surface area contributed by atoms with Gasteiger partial charge in [0.2, 0.25) is 5.91 Å². The van der Waals surface area contributed by atoms with Crippen LogP contribution in [0.2, 0.25) is 0 Å². The average Bonchev–Trinajstić information content (AvgIpc) is 2.49. The molecule has 0 aliphatic carbocycles. The van der Waals surface area contributed by atoms with Gasteiger partial charge in [-0.2, -0.15) is 0 Å². The monoisotopic (exact) mass is 292 g/mol. The lowest BCUT2D eigenvalue weighted by Crippen LogP contribution is -2.37. The van der Waals surface area contributed by atoms with Crippen LogP contribution in [-0.2, 0) is 9.53 Å². The molecule has 0 saturated carbocycles. The maximum atomic E-state index is 11.7. The first-order chi connectivity index (χ1) is 10.1. The van der Waals surface area contributed by atoms with Gasteiger partial charge in [0, 0.05) is 25.3 Å². The Bertz CT molecular complexity index is 432. The molecule has 2 N–H and O–H groups in total. The van der Waals surface area contributed by atoms with Crippen molar-refractivity contribution in [2.75, 3.05) is 26.3 Å². The molecule has 21 heavy (non-hydrogen) atoms. The smallest absolute Gasteiger partial charge is 0.251 e. The van der Waals surface area contributed by atoms with Crippen molar-refractivity contribution in [1.29, 1.82) is 0 Å². The van der Waals surface area contributed by atoms with E-state index in [1.807, 2.05) is 6.07 Å². The highest BCUT2D eigenvalue weighted by Gasteiger charge is 2.06. The lowest BCUT2D eigenvalue weighted by atomic mass is 10.2. The van der Waals surface area contributed by atoms with Gasteiger partial charge in [-0.25, -0.2) is 0 Å². The number of amides is 2. The van der Waals surface area contributed by atoms with Crippen LogP contribution in [0, 0.1) is 5.92 Å². The minimum Gasteiger partial charge on any atom is -0.381 e. The molecule has 1 rings (SSSR count). The third-order valence-corrected chi connectivity index (χ3v) is 2.68. The van der Waals surface area contributed by atoms with E-state index in [1.54, 1.807) is 24.3 Å². The summed E-state index contributed by atoms with van der Waals surface area (Å²) in [7, 11) is 0. The Labute approximate surface area is 126 Å². The molecule has 5 nitrogen and oxygen atoms in total. The summed E-state index contributed by atoms with van der Waals surface area (Å²) < 4.78 is 5.41. The number of benzene rings is 1. The number of rotatable bonds is 9. The second-order valence-electron chi connectivity index (χ2n) is 5.22. The molecule has 0 aliphatic heterocycles. The molecule has 0 bridgehead atoms. The van der Waals surface area contributed by atoms with E-state index < -0.39 is 0 Å². The molecule has 1 aromatic carbocycles. The van der Waals surface area contributed by atoms with Crippen LogP contribution in [0.25, 0.3) is 0 Å². The second kappa shape index (κ2) is 9.94. The van der Waals surface area contributed by atoms with E-state index in [2.05, 4.69) is 24.5 Å². The summed E-state index contributed by atoms with van der Waals surface area (Å²) in [5.74, 6) is 0.0851. The van der Waals surface area contributed by atoms with E-state index in [0.717, 1.165) is 13.0 Å². The fourth-order valence-corrected chi connectivity index (χ4v) is 1.64. The van der Waals surface area contributed by atoms with Crippen LogP contribution in [0.1, 0.15) is 30.6 Å². The largest absolute Gasteiger partial charge is 0.381 e. The lowest BCUT2D eigenvalue weighted by Gasteiger charge is -2.08. The molecule has 0 spiro atoms. The molecular formula is C16H24N2O3. The SMILES string of the molecule is CC(C)COCCCNC(=O)CNC(=O)c1ccccc1. The molecule has 0 aliphatic rings. The van der Waals surface area contributed by atoms with Gasteiger partial charge in [-0.05, 0) is 24.5 Å². The third kappa shape index (κ3) is 8.09. The van der Waals surface area contributed by atoms with E-state index in [-0.39, 0.29) is 18.4 Å². The molecule has 1 aromatic rings. The number of carbonyl (C=O) groups is 2. The van der Waals surface area contributed by atoms with Gasteiger partial charge in [-0.1, -0.05) is 32.0 Å². The quantitative estimate of drug-likeness (QED) is 0.679. The Morgan fingerprint density at radius 1 is 1.14 bits per heavy atom. The molecule has 0 radical (unpaired) electrons. The normalized spacial score (nSPS) is 10.4. The predicted octanol–water partition coefficient (Wildman–Crippen LogP) is 1.60. The molecule has 0 aromatic heterocycles. The van der Waals surface area contributed by atoms with Crippen LogP contribution >= 0.6 is 0 Å².